The number of aromatic nitrogens is 2. The first kappa shape index (κ1) is 12.5. The van der Waals surface area contributed by atoms with E-state index in [4.69, 9.17) is 4.98 Å². The Hall–Kier alpha value is -1.57. The van der Waals surface area contributed by atoms with Crippen LogP contribution in [-0.4, -0.2) is 9.55 Å². The Morgan fingerprint density at radius 2 is 1.74 bits per heavy atom. The number of benzene rings is 1. The van der Waals surface area contributed by atoms with Gasteiger partial charge in [-0.2, -0.15) is 0 Å². The SMILES string of the molecule is Cc1cccc(C)c1Cn1c(C)nc2c1CCCC2. The fraction of sp³-hybridized carbons (Fsp3) is 0.471. The lowest BCUT2D eigenvalue weighted by atomic mass is 10.00. The van der Waals surface area contributed by atoms with Crippen LogP contribution in [-0.2, 0) is 19.4 Å². The highest BCUT2D eigenvalue weighted by atomic mass is 15.1. The molecule has 0 saturated heterocycles. The standard InChI is InChI=1S/C17H22N2/c1-12-7-6-8-13(2)15(12)11-19-14(3)18-16-9-4-5-10-17(16)19/h6-8H,4-5,9-11H2,1-3H3. The average Bonchev–Trinajstić information content (AvgIpc) is 2.70. The molecule has 0 spiro atoms. The van der Waals surface area contributed by atoms with Gasteiger partial charge in [0.05, 0.1) is 5.69 Å². The van der Waals surface area contributed by atoms with Gasteiger partial charge in [-0.05, 0) is 63.1 Å². The Bertz CT molecular complexity index is 588. The molecule has 0 N–H and O–H groups in total. The Morgan fingerprint density at radius 3 is 2.47 bits per heavy atom. The predicted molar refractivity (Wildman–Crippen MR) is 78.6 cm³/mol. The van der Waals surface area contributed by atoms with Crippen molar-refractivity contribution < 1.29 is 0 Å². The van der Waals surface area contributed by atoms with Crippen molar-refractivity contribution in [3.8, 4) is 0 Å². The quantitative estimate of drug-likeness (QED) is 0.798. The average molecular weight is 254 g/mol. The summed E-state index contributed by atoms with van der Waals surface area (Å²) in [4.78, 5) is 4.77. The molecular formula is C17H22N2. The third kappa shape index (κ3) is 2.20. The molecule has 1 aromatic heterocycles. The number of nitrogens with zero attached hydrogens (tertiary/aromatic N) is 2. The molecule has 1 aliphatic carbocycles. The largest absolute Gasteiger partial charge is 0.328 e. The zero-order valence-corrected chi connectivity index (χ0v) is 12.2. The van der Waals surface area contributed by atoms with Gasteiger partial charge in [-0.1, -0.05) is 18.2 Å². The summed E-state index contributed by atoms with van der Waals surface area (Å²) >= 11 is 0. The number of rotatable bonds is 2. The van der Waals surface area contributed by atoms with Crippen LogP contribution in [0.2, 0.25) is 0 Å². The van der Waals surface area contributed by atoms with Crippen molar-refractivity contribution in [1.82, 2.24) is 9.55 Å². The van der Waals surface area contributed by atoms with Crippen molar-refractivity contribution in [2.45, 2.75) is 53.0 Å². The molecule has 0 fully saturated rings. The van der Waals surface area contributed by atoms with E-state index in [-0.39, 0.29) is 0 Å². The van der Waals surface area contributed by atoms with E-state index in [9.17, 15) is 0 Å². The second-order valence-electron chi connectivity index (χ2n) is 5.72. The molecule has 2 nitrogen and oxygen atoms in total. The minimum atomic E-state index is 0.979. The molecule has 19 heavy (non-hydrogen) atoms. The van der Waals surface area contributed by atoms with Crippen molar-refractivity contribution in [3.05, 3.63) is 52.1 Å². The third-order valence-corrected chi connectivity index (χ3v) is 4.38. The Morgan fingerprint density at radius 1 is 1.05 bits per heavy atom. The van der Waals surface area contributed by atoms with E-state index in [2.05, 4.69) is 43.5 Å². The van der Waals surface area contributed by atoms with Crippen LogP contribution >= 0.6 is 0 Å². The number of aryl methyl sites for hydroxylation is 4. The maximum absolute atomic E-state index is 4.77. The predicted octanol–water partition coefficient (Wildman–Crippen LogP) is 3.74. The summed E-state index contributed by atoms with van der Waals surface area (Å²) in [5, 5.41) is 0. The lowest BCUT2D eigenvalue weighted by Crippen LogP contribution is -2.11. The van der Waals surface area contributed by atoms with Gasteiger partial charge in [0.1, 0.15) is 5.82 Å². The van der Waals surface area contributed by atoms with Crippen LogP contribution in [0.25, 0.3) is 0 Å². The topological polar surface area (TPSA) is 17.8 Å². The molecule has 0 aliphatic heterocycles. The molecule has 0 amide bonds. The van der Waals surface area contributed by atoms with E-state index in [1.54, 1.807) is 0 Å². The molecule has 0 bridgehead atoms. The van der Waals surface area contributed by atoms with E-state index < -0.39 is 0 Å². The van der Waals surface area contributed by atoms with Crippen molar-refractivity contribution in [2.24, 2.45) is 0 Å². The lowest BCUT2D eigenvalue weighted by Gasteiger charge is -2.17. The summed E-state index contributed by atoms with van der Waals surface area (Å²) in [6.07, 6.45) is 4.97. The van der Waals surface area contributed by atoms with Crippen molar-refractivity contribution in [1.29, 1.82) is 0 Å². The van der Waals surface area contributed by atoms with Gasteiger partial charge in [-0.15, -0.1) is 0 Å². The number of fused-ring (bicyclic) bond motifs is 1. The second-order valence-corrected chi connectivity index (χ2v) is 5.72. The first-order valence-electron chi connectivity index (χ1n) is 7.27. The van der Waals surface area contributed by atoms with Crippen molar-refractivity contribution in [3.63, 3.8) is 0 Å². The minimum absolute atomic E-state index is 0.979. The highest BCUT2D eigenvalue weighted by Crippen LogP contribution is 2.24. The molecule has 0 unspecified atom stereocenters. The number of hydrogen-bond donors (Lipinski definition) is 0. The van der Waals surface area contributed by atoms with Crippen LogP contribution in [0.15, 0.2) is 18.2 Å². The summed E-state index contributed by atoms with van der Waals surface area (Å²) in [6.45, 7) is 7.54. The van der Waals surface area contributed by atoms with Gasteiger partial charge >= 0.3 is 0 Å². The van der Waals surface area contributed by atoms with Gasteiger partial charge in [0.25, 0.3) is 0 Å². The molecule has 0 atom stereocenters. The molecule has 1 aromatic carbocycles. The van der Waals surface area contributed by atoms with Gasteiger partial charge in [-0.25, -0.2) is 4.98 Å². The normalized spacial score (nSPS) is 14.5. The summed E-state index contributed by atoms with van der Waals surface area (Å²) in [6, 6.07) is 6.56. The highest BCUT2D eigenvalue weighted by molar-refractivity contribution is 5.34. The lowest BCUT2D eigenvalue weighted by molar-refractivity contribution is 0.623. The van der Waals surface area contributed by atoms with E-state index in [0.717, 1.165) is 13.0 Å². The fourth-order valence-corrected chi connectivity index (χ4v) is 3.20. The van der Waals surface area contributed by atoms with Crippen molar-refractivity contribution >= 4 is 0 Å². The van der Waals surface area contributed by atoms with Crippen LogP contribution in [0.4, 0.5) is 0 Å². The van der Waals surface area contributed by atoms with E-state index in [1.807, 2.05) is 0 Å². The third-order valence-electron chi connectivity index (χ3n) is 4.38. The molecule has 2 heteroatoms. The summed E-state index contributed by atoms with van der Waals surface area (Å²) < 4.78 is 2.43. The van der Waals surface area contributed by atoms with Gasteiger partial charge < -0.3 is 4.57 Å². The number of imidazole rings is 1. The monoisotopic (exact) mass is 254 g/mol. The summed E-state index contributed by atoms with van der Waals surface area (Å²) in [5.74, 6) is 1.18. The molecule has 3 rings (SSSR count). The van der Waals surface area contributed by atoms with E-state index >= 15 is 0 Å². The Balaban J connectivity index is 2.02. The Labute approximate surface area is 115 Å². The number of hydrogen-bond acceptors (Lipinski definition) is 1. The van der Waals surface area contributed by atoms with Crippen LogP contribution in [0, 0.1) is 20.8 Å². The first-order chi connectivity index (χ1) is 9.16. The van der Waals surface area contributed by atoms with Crippen LogP contribution in [0.5, 0.6) is 0 Å². The molecule has 0 saturated carbocycles. The summed E-state index contributed by atoms with van der Waals surface area (Å²) in [5.41, 5.74) is 7.05. The first-order valence-corrected chi connectivity index (χ1v) is 7.27. The van der Waals surface area contributed by atoms with E-state index in [0.29, 0.717) is 0 Å². The zero-order chi connectivity index (χ0) is 13.4. The smallest absolute Gasteiger partial charge is 0.106 e. The molecule has 2 aromatic rings. The molecular weight excluding hydrogens is 232 g/mol. The van der Waals surface area contributed by atoms with Crippen molar-refractivity contribution in [2.75, 3.05) is 0 Å². The molecule has 1 heterocycles. The highest BCUT2D eigenvalue weighted by Gasteiger charge is 2.18. The maximum Gasteiger partial charge on any atom is 0.106 e. The second kappa shape index (κ2) is 4.84. The maximum atomic E-state index is 4.77. The Kier molecular flexibility index (Phi) is 3.17. The van der Waals surface area contributed by atoms with Crippen LogP contribution in [0.3, 0.4) is 0 Å². The van der Waals surface area contributed by atoms with Crippen LogP contribution < -0.4 is 0 Å². The molecule has 100 valence electrons. The molecule has 1 aliphatic rings. The molecule has 0 radical (unpaired) electrons. The minimum Gasteiger partial charge on any atom is -0.328 e. The van der Waals surface area contributed by atoms with Crippen LogP contribution in [0.1, 0.15) is 46.7 Å². The van der Waals surface area contributed by atoms with E-state index in [1.165, 1.54) is 53.2 Å². The van der Waals surface area contributed by atoms with Gasteiger partial charge in [0, 0.05) is 12.2 Å². The van der Waals surface area contributed by atoms with Gasteiger partial charge in [0.15, 0.2) is 0 Å². The summed E-state index contributed by atoms with van der Waals surface area (Å²) in [7, 11) is 0. The zero-order valence-electron chi connectivity index (χ0n) is 12.2. The fourth-order valence-electron chi connectivity index (χ4n) is 3.20. The van der Waals surface area contributed by atoms with Gasteiger partial charge in [0.2, 0.25) is 0 Å². The van der Waals surface area contributed by atoms with Gasteiger partial charge in [-0.3, -0.25) is 0 Å².